The van der Waals surface area contributed by atoms with Crippen LogP contribution in [0.5, 0.6) is 0 Å². The van der Waals surface area contributed by atoms with Crippen LogP contribution in [0.1, 0.15) is 77.0 Å². The van der Waals surface area contributed by atoms with Gasteiger partial charge in [0.2, 0.25) is 0 Å². The Labute approximate surface area is 125 Å². The fourth-order valence-electron chi connectivity index (χ4n) is 3.97. The van der Waals surface area contributed by atoms with E-state index < -0.39 is 0 Å². The Bertz CT molecular complexity index is 319. The molecular weight excluding hydrogens is 295 g/mol. The van der Waals surface area contributed by atoms with Crippen LogP contribution < -0.4 is 0 Å². The Morgan fingerprint density at radius 3 is 1.63 bits per heavy atom. The zero-order valence-electron chi connectivity index (χ0n) is 12.2. The van der Waals surface area contributed by atoms with Crippen LogP contribution in [0, 0.1) is 11.8 Å². The predicted molar refractivity (Wildman–Crippen MR) is 84.3 cm³/mol. The van der Waals surface area contributed by atoms with Crippen molar-refractivity contribution in [3.63, 3.8) is 0 Å². The standard InChI is InChI=1S/C18H28Se/c1-3-7-11-15-16-12-8-4-2-6-10-14-18(16)19-17(15)13-9-5-1/h13-16H,1-12H2/b17-13+,18-14+. The SMILES string of the molecule is C1=C2/[Se]/C3=C/CCCCCCC3C2CCCCCC/1. The van der Waals surface area contributed by atoms with E-state index in [0.717, 1.165) is 26.8 Å². The van der Waals surface area contributed by atoms with Gasteiger partial charge in [0.15, 0.2) is 0 Å². The first-order valence-corrected chi connectivity index (χ1v) is 10.2. The molecule has 0 nitrogen and oxygen atoms in total. The summed E-state index contributed by atoms with van der Waals surface area (Å²) in [6.45, 7) is 0. The molecule has 1 saturated heterocycles. The molecule has 2 unspecified atom stereocenters. The molecule has 3 aliphatic rings. The molecule has 1 heterocycles. The number of allylic oxidation sites excluding steroid dienone is 4. The third kappa shape index (κ3) is 3.56. The van der Waals surface area contributed by atoms with E-state index >= 15 is 0 Å². The van der Waals surface area contributed by atoms with Gasteiger partial charge in [-0.2, -0.15) is 0 Å². The molecule has 2 aliphatic carbocycles. The van der Waals surface area contributed by atoms with E-state index in [-0.39, 0.29) is 0 Å². The maximum absolute atomic E-state index is 2.66. The summed E-state index contributed by atoms with van der Waals surface area (Å²) in [6.07, 6.45) is 22.8. The second-order valence-corrected chi connectivity index (χ2v) is 8.92. The number of hydrogen-bond donors (Lipinski definition) is 0. The van der Waals surface area contributed by atoms with E-state index in [1.807, 2.05) is 8.94 Å². The van der Waals surface area contributed by atoms with Crippen molar-refractivity contribution in [2.24, 2.45) is 11.8 Å². The van der Waals surface area contributed by atoms with E-state index in [1.165, 1.54) is 77.0 Å². The zero-order valence-corrected chi connectivity index (χ0v) is 13.9. The van der Waals surface area contributed by atoms with Gasteiger partial charge in [0, 0.05) is 0 Å². The minimum atomic E-state index is 0.726. The first kappa shape index (κ1) is 14.0. The van der Waals surface area contributed by atoms with Crippen LogP contribution in [-0.2, 0) is 0 Å². The second-order valence-electron chi connectivity index (χ2n) is 6.51. The number of fused-ring (bicyclic) bond motifs is 3. The molecule has 1 aliphatic heterocycles. The summed E-state index contributed by atoms with van der Waals surface area (Å²) in [5.41, 5.74) is 0. The van der Waals surface area contributed by atoms with Crippen LogP contribution in [0.25, 0.3) is 0 Å². The van der Waals surface area contributed by atoms with Crippen molar-refractivity contribution in [1.29, 1.82) is 0 Å². The summed E-state index contributed by atoms with van der Waals surface area (Å²) in [4.78, 5) is 0. The van der Waals surface area contributed by atoms with Crippen molar-refractivity contribution in [1.82, 2.24) is 0 Å². The van der Waals surface area contributed by atoms with Gasteiger partial charge < -0.3 is 0 Å². The molecule has 3 rings (SSSR count). The molecule has 19 heavy (non-hydrogen) atoms. The fraction of sp³-hybridized carbons (Fsp3) is 0.778. The van der Waals surface area contributed by atoms with Gasteiger partial charge in [-0.25, -0.2) is 0 Å². The summed E-state index contributed by atoms with van der Waals surface area (Å²) in [7, 11) is 0. The molecule has 0 saturated carbocycles. The summed E-state index contributed by atoms with van der Waals surface area (Å²) in [6, 6.07) is 0. The Morgan fingerprint density at radius 1 is 0.632 bits per heavy atom. The average Bonchev–Trinajstić information content (AvgIpc) is 2.81. The van der Waals surface area contributed by atoms with E-state index in [0.29, 0.717) is 0 Å². The van der Waals surface area contributed by atoms with Crippen LogP contribution in [0.4, 0.5) is 0 Å². The van der Waals surface area contributed by atoms with Gasteiger partial charge in [-0.15, -0.1) is 0 Å². The van der Waals surface area contributed by atoms with Crippen LogP contribution in [0.15, 0.2) is 21.1 Å². The van der Waals surface area contributed by atoms with Crippen molar-refractivity contribution in [2.75, 3.05) is 0 Å². The molecule has 0 N–H and O–H groups in total. The van der Waals surface area contributed by atoms with Crippen LogP contribution in [0.3, 0.4) is 0 Å². The molecule has 0 aromatic heterocycles. The van der Waals surface area contributed by atoms with Gasteiger partial charge in [0.25, 0.3) is 0 Å². The third-order valence-corrected chi connectivity index (χ3v) is 8.04. The molecule has 0 spiro atoms. The summed E-state index contributed by atoms with van der Waals surface area (Å²) in [5, 5.41) is 0. The molecule has 0 amide bonds. The maximum atomic E-state index is 2.66. The zero-order chi connectivity index (χ0) is 12.9. The van der Waals surface area contributed by atoms with Crippen molar-refractivity contribution >= 4 is 15.0 Å². The van der Waals surface area contributed by atoms with Gasteiger partial charge in [-0.3, -0.25) is 0 Å². The predicted octanol–water partition coefficient (Wildman–Crippen LogP) is 5.41. The van der Waals surface area contributed by atoms with Crippen LogP contribution in [0.2, 0.25) is 0 Å². The van der Waals surface area contributed by atoms with Gasteiger partial charge in [-0.1, -0.05) is 0 Å². The Kier molecular flexibility index (Phi) is 5.24. The van der Waals surface area contributed by atoms with Gasteiger partial charge in [0.05, 0.1) is 0 Å². The van der Waals surface area contributed by atoms with E-state index in [4.69, 9.17) is 0 Å². The monoisotopic (exact) mass is 324 g/mol. The van der Waals surface area contributed by atoms with Crippen LogP contribution >= 0.6 is 0 Å². The number of hydrogen-bond acceptors (Lipinski definition) is 0. The van der Waals surface area contributed by atoms with Crippen molar-refractivity contribution in [2.45, 2.75) is 77.0 Å². The molecule has 0 bridgehead atoms. The molecule has 1 fully saturated rings. The van der Waals surface area contributed by atoms with Crippen molar-refractivity contribution in [3.05, 3.63) is 21.1 Å². The third-order valence-electron chi connectivity index (χ3n) is 5.08. The normalized spacial score (nSPS) is 38.7. The first-order chi connectivity index (χ1) is 9.45. The Morgan fingerprint density at radius 2 is 1.11 bits per heavy atom. The van der Waals surface area contributed by atoms with Crippen molar-refractivity contribution in [3.8, 4) is 0 Å². The van der Waals surface area contributed by atoms with Gasteiger partial charge >= 0.3 is 125 Å². The Balaban J connectivity index is 1.80. The quantitative estimate of drug-likeness (QED) is 0.523. The molecule has 2 atom stereocenters. The molecule has 0 radical (unpaired) electrons. The average molecular weight is 323 g/mol. The Hall–Kier alpha value is -0.000519. The molecular formula is C18H28Se. The van der Waals surface area contributed by atoms with E-state index in [1.54, 1.807) is 0 Å². The number of rotatable bonds is 0. The molecule has 0 aromatic rings. The molecule has 106 valence electrons. The molecule has 1 heteroatoms. The summed E-state index contributed by atoms with van der Waals surface area (Å²) < 4.78 is 3.79. The van der Waals surface area contributed by atoms with Crippen molar-refractivity contribution < 1.29 is 0 Å². The van der Waals surface area contributed by atoms with E-state index in [9.17, 15) is 0 Å². The topological polar surface area (TPSA) is 0 Å². The first-order valence-electron chi connectivity index (χ1n) is 8.53. The summed E-state index contributed by atoms with van der Waals surface area (Å²) in [5.74, 6) is 1.92. The minimum absolute atomic E-state index is 0.726. The van der Waals surface area contributed by atoms with E-state index in [2.05, 4.69) is 12.2 Å². The van der Waals surface area contributed by atoms with Gasteiger partial charge in [0.1, 0.15) is 0 Å². The fourth-order valence-corrected chi connectivity index (χ4v) is 7.20. The second kappa shape index (κ2) is 7.14. The molecule has 0 aromatic carbocycles. The van der Waals surface area contributed by atoms with Crippen LogP contribution in [-0.4, -0.2) is 15.0 Å². The van der Waals surface area contributed by atoms with Gasteiger partial charge in [-0.05, 0) is 0 Å². The summed E-state index contributed by atoms with van der Waals surface area (Å²) >= 11 is 0.726.